The number of nitrogens with one attached hydrogen (secondary N) is 3. The first kappa shape index (κ1) is 22.3. The van der Waals surface area contributed by atoms with E-state index < -0.39 is 5.91 Å². The Kier molecular flexibility index (Phi) is 6.68. The smallest absolute Gasteiger partial charge is 0.290 e. The number of carbonyl (C=O) groups excluding carboxylic acids is 2. The number of aromatic nitrogens is 3. The highest BCUT2D eigenvalue weighted by molar-refractivity contribution is 8.18. The third kappa shape index (κ3) is 5.35. The van der Waals surface area contributed by atoms with Crippen LogP contribution in [0.2, 0.25) is 0 Å². The van der Waals surface area contributed by atoms with Crippen LogP contribution in [0.3, 0.4) is 0 Å². The molecule has 1 saturated heterocycles. The predicted molar refractivity (Wildman–Crippen MR) is 130 cm³/mol. The molecule has 3 aromatic heterocycles. The summed E-state index contributed by atoms with van der Waals surface area (Å²) in [7, 11) is 0. The molecule has 1 aliphatic carbocycles. The molecule has 34 heavy (non-hydrogen) atoms. The quantitative estimate of drug-likeness (QED) is 0.435. The van der Waals surface area contributed by atoms with E-state index in [1.807, 2.05) is 18.2 Å². The van der Waals surface area contributed by atoms with E-state index in [1.165, 1.54) is 0 Å². The van der Waals surface area contributed by atoms with Gasteiger partial charge in [-0.2, -0.15) is 0 Å². The lowest BCUT2D eigenvalue weighted by atomic mass is 9.91. The van der Waals surface area contributed by atoms with E-state index in [1.54, 1.807) is 30.8 Å². The van der Waals surface area contributed by atoms with Crippen LogP contribution >= 0.6 is 11.8 Å². The first-order chi connectivity index (χ1) is 16.6. The number of thioether (sulfide) groups is 1. The van der Waals surface area contributed by atoms with Crippen LogP contribution in [0.5, 0.6) is 0 Å². The van der Waals surface area contributed by atoms with Crippen molar-refractivity contribution in [3.63, 3.8) is 0 Å². The van der Waals surface area contributed by atoms with Crippen molar-refractivity contribution >= 4 is 34.9 Å². The predicted octanol–water partition coefficient (Wildman–Crippen LogP) is 3.97. The second kappa shape index (κ2) is 10.2. The van der Waals surface area contributed by atoms with Gasteiger partial charge in [0, 0.05) is 31.0 Å². The van der Waals surface area contributed by atoms with E-state index in [0.29, 0.717) is 22.6 Å². The van der Waals surface area contributed by atoms with E-state index in [4.69, 9.17) is 4.42 Å². The molecule has 1 aliphatic heterocycles. The van der Waals surface area contributed by atoms with Crippen LogP contribution in [-0.4, -0.2) is 38.2 Å². The van der Waals surface area contributed by atoms with Crippen LogP contribution in [0.25, 0.3) is 17.5 Å². The minimum Gasteiger partial charge on any atom is -0.463 e. The van der Waals surface area contributed by atoms with Gasteiger partial charge in [0.2, 0.25) is 5.95 Å². The third-order valence-electron chi connectivity index (χ3n) is 5.89. The Balaban J connectivity index is 1.13. The van der Waals surface area contributed by atoms with Crippen molar-refractivity contribution in [1.82, 2.24) is 25.6 Å². The Hall–Kier alpha value is -3.50. The van der Waals surface area contributed by atoms with Crippen molar-refractivity contribution in [3.8, 4) is 11.5 Å². The average Bonchev–Trinajstić information content (AvgIpc) is 3.49. The Labute approximate surface area is 200 Å². The van der Waals surface area contributed by atoms with E-state index in [-0.39, 0.29) is 11.3 Å². The van der Waals surface area contributed by atoms with Crippen molar-refractivity contribution in [2.75, 3.05) is 5.32 Å². The van der Waals surface area contributed by atoms with Crippen molar-refractivity contribution in [2.45, 2.75) is 44.3 Å². The fraction of sp³-hybridized carbons (Fsp3) is 0.292. The summed E-state index contributed by atoms with van der Waals surface area (Å²) in [5.41, 5.74) is 2.58. The molecule has 174 valence electrons. The topological polar surface area (TPSA) is 122 Å². The molecule has 0 spiro atoms. The second-order valence-electron chi connectivity index (χ2n) is 8.22. The molecule has 0 radical (unpaired) electrons. The lowest BCUT2D eigenvalue weighted by Crippen LogP contribution is -2.37. The zero-order chi connectivity index (χ0) is 23.3. The number of furan rings is 1. The van der Waals surface area contributed by atoms with Crippen LogP contribution in [0.4, 0.5) is 10.7 Å². The van der Waals surface area contributed by atoms with Crippen molar-refractivity contribution in [2.24, 2.45) is 0 Å². The maximum absolute atomic E-state index is 11.7. The number of hydrogen-bond acceptors (Lipinski definition) is 9. The summed E-state index contributed by atoms with van der Waals surface area (Å²) in [5.74, 6) is 0.914. The summed E-state index contributed by atoms with van der Waals surface area (Å²) in [6.45, 7) is 0.737. The van der Waals surface area contributed by atoms with Gasteiger partial charge in [0.05, 0.1) is 16.9 Å². The molecule has 9 nitrogen and oxygen atoms in total. The number of pyridine rings is 1. The summed E-state index contributed by atoms with van der Waals surface area (Å²) in [6, 6.07) is 10.2. The highest BCUT2D eigenvalue weighted by atomic mass is 32.2. The number of hydrogen-bond donors (Lipinski definition) is 3. The fourth-order valence-electron chi connectivity index (χ4n) is 4.17. The Morgan fingerprint density at radius 3 is 2.68 bits per heavy atom. The van der Waals surface area contributed by atoms with E-state index in [0.717, 1.165) is 61.0 Å². The third-order valence-corrected chi connectivity index (χ3v) is 6.70. The van der Waals surface area contributed by atoms with Gasteiger partial charge in [0.25, 0.3) is 11.1 Å². The molecule has 0 bridgehead atoms. The van der Waals surface area contributed by atoms with Gasteiger partial charge in [0.15, 0.2) is 5.76 Å². The van der Waals surface area contributed by atoms with Crippen LogP contribution in [-0.2, 0) is 11.3 Å². The van der Waals surface area contributed by atoms with E-state index in [2.05, 4.69) is 37.0 Å². The van der Waals surface area contributed by atoms with Crippen molar-refractivity contribution in [1.29, 1.82) is 0 Å². The van der Waals surface area contributed by atoms with Crippen LogP contribution in [0.15, 0.2) is 58.3 Å². The maximum Gasteiger partial charge on any atom is 0.290 e. The zero-order valence-corrected chi connectivity index (χ0v) is 19.2. The molecule has 1 saturated carbocycles. The molecule has 2 fully saturated rings. The van der Waals surface area contributed by atoms with E-state index >= 15 is 0 Å². The number of amides is 2. The first-order valence-corrected chi connectivity index (χ1v) is 12.0. The van der Waals surface area contributed by atoms with Gasteiger partial charge < -0.3 is 15.1 Å². The fourth-order valence-corrected chi connectivity index (χ4v) is 4.84. The van der Waals surface area contributed by atoms with Gasteiger partial charge in [-0.05, 0) is 73.4 Å². The Morgan fingerprint density at radius 1 is 1.06 bits per heavy atom. The molecule has 5 rings (SSSR count). The number of carbonyl (C=O) groups is 2. The van der Waals surface area contributed by atoms with Crippen molar-refractivity contribution < 1.29 is 14.0 Å². The first-order valence-electron chi connectivity index (χ1n) is 11.2. The minimum absolute atomic E-state index is 0.281. The number of nitrogens with zero attached hydrogens (tertiary/aromatic N) is 3. The van der Waals surface area contributed by atoms with Gasteiger partial charge in [-0.15, -0.1) is 0 Å². The molecule has 3 N–H and O–H groups in total. The molecular weight excluding hydrogens is 452 g/mol. The van der Waals surface area contributed by atoms with Gasteiger partial charge in [-0.3, -0.25) is 19.9 Å². The van der Waals surface area contributed by atoms with Gasteiger partial charge in [0.1, 0.15) is 5.69 Å². The number of anilines is 1. The minimum atomic E-state index is -0.392. The maximum atomic E-state index is 11.7. The van der Waals surface area contributed by atoms with Crippen LogP contribution in [0.1, 0.15) is 36.9 Å². The lowest BCUT2D eigenvalue weighted by molar-refractivity contribution is -0.115. The highest BCUT2D eigenvalue weighted by Crippen LogP contribution is 2.26. The number of imide groups is 1. The summed E-state index contributed by atoms with van der Waals surface area (Å²) in [6.07, 6.45) is 10.8. The molecule has 4 heterocycles. The molecule has 10 heteroatoms. The highest BCUT2D eigenvalue weighted by Gasteiger charge is 2.25. The van der Waals surface area contributed by atoms with Crippen LogP contribution < -0.4 is 16.0 Å². The Bertz CT molecular complexity index is 1200. The normalized spacial score (nSPS) is 21.6. The second-order valence-corrected chi connectivity index (χ2v) is 9.23. The summed E-state index contributed by atoms with van der Waals surface area (Å²) >= 11 is 0.878. The summed E-state index contributed by atoms with van der Waals surface area (Å²) in [4.78, 5) is 36.7. The standard InChI is InChI=1S/C24H24N6O3S/c31-22-20(34-24(32)30-22)13-18-9-11-26-23(29-18)28-17-7-5-16(6-8-17)27-14-15-3-1-10-25-21(15)19-4-2-12-33-19/h1-4,9-13,16-17,27H,5-8,14H2,(H,26,28,29)(H,30,31,32)/b20-13-/t16-,17-. The molecule has 0 unspecified atom stereocenters. The molecular formula is C24H24N6O3S. The van der Waals surface area contributed by atoms with Gasteiger partial charge in [-0.1, -0.05) is 6.07 Å². The largest absolute Gasteiger partial charge is 0.463 e. The average molecular weight is 477 g/mol. The SMILES string of the molecule is O=C1NC(=O)/C(=C/c2ccnc(N[C@H]3CC[C@H](NCc4cccnc4-c4ccco4)CC3)n2)S1. The van der Waals surface area contributed by atoms with Gasteiger partial charge in [-0.25, -0.2) is 9.97 Å². The number of rotatable bonds is 7. The molecule has 0 aromatic carbocycles. The molecule has 2 aliphatic rings. The summed E-state index contributed by atoms with van der Waals surface area (Å²) < 4.78 is 5.53. The Morgan fingerprint density at radius 2 is 1.91 bits per heavy atom. The molecule has 3 aromatic rings. The zero-order valence-electron chi connectivity index (χ0n) is 18.4. The van der Waals surface area contributed by atoms with Crippen molar-refractivity contribution in [3.05, 3.63) is 65.2 Å². The molecule has 0 atom stereocenters. The van der Waals surface area contributed by atoms with E-state index in [9.17, 15) is 9.59 Å². The monoisotopic (exact) mass is 476 g/mol. The van der Waals surface area contributed by atoms with Crippen LogP contribution in [0, 0.1) is 0 Å². The molecule has 2 amide bonds. The summed E-state index contributed by atoms with van der Waals surface area (Å²) in [5, 5.41) is 8.96. The van der Waals surface area contributed by atoms with Gasteiger partial charge >= 0.3 is 0 Å². The lowest BCUT2D eigenvalue weighted by Gasteiger charge is -2.30.